The van der Waals surface area contributed by atoms with E-state index >= 15 is 0 Å². The Hall–Kier alpha value is -2.77. The lowest BCUT2D eigenvalue weighted by molar-refractivity contribution is -0.394. The summed E-state index contributed by atoms with van der Waals surface area (Å²) in [6, 6.07) is 2.82. The predicted molar refractivity (Wildman–Crippen MR) is 92.7 cm³/mol. The third-order valence-electron chi connectivity index (χ3n) is 5.74. The molecule has 0 aliphatic heterocycles. The smallest absolute Gasteiger partial charge is 0.338 e. The fraction of sp³-hybridized carbons (Fsp3) is 0.500. The molecule has 2 aliphatic rings. The summed E-state index contributed by atoms with van der Waals surface area (Å²) in [4.78, 5) is 32.6. The lowest BCUT2D eigenvalue weighted by atomic mass is 9.89. The number of hydrogen-bond donors (Lipinski definition) is 0. The maximum Gasteiger partial charge on any atom is 0.338 e. The minimum absolute atomic E-state index is 0.107. The summed E-state index contributed by atoms with van der Waals surface area (Å²) in [5, 5.41) is 21.8. The van der Waals surface area contributed by atoms with Crippen molar-refractivity contribution in [3.63, 3.8) is 0 Å². The summed E-state index contributed by atoms with van der Waals surface area (Å²) in [5.74, 6) is 0.472. The molecule has 3 rings (SSSR count). The number of fused-ring (bicyclic) bond motifs is 1. The fourth-order valence-electron chi connectivity index (χ4n) is 3.86. The number of nitro groups is 2. The zero-order valence-corrected chi connectivity index (χ0v) is 14.8. The standard InChI is InChI=1S/C18H20N2O6/c1-10-4-15-16(18(15,2)3)7-12(10)9-26-17(21)11-5-13(19(22)23)8-14(6-11)20(24)25/h4-6,8,12,15-16H,7,9H2,1-3H3/t12-,15+,16-/m1/s1. The van der Waals surface area contributed by atoms with E-state index in [4.69, 9.17) is 4.74 Å². The van der Waals surface area contributed by atoms with Gasteiger partial charge >= 0.3 is 5.97 Å². The third-order valence-corrected chi connectivity index (χ3v) is 5.74. The zero-order valence-electron chi connectivity index (χ0n) is 14.8. The number of allylic oxidation sites excluding steroid dienone is 1. The molecule has 0 N–H and O–H groups in total. The molecule has 1 saturated carbocycles. The van der Waals surface area contributed by atoms with E-state index in [-0.39, 0.29) is 23.5 Å². The summed E-state index contributed by atoms with van der Waals surface area (Å²) < 4.78 is 5.32. The lowest BCUT2D eigenvalue weighted by Crippen LogP contribution is -2.18. The Morgan fingerprint density at radius 3 is 2.31 bits per heavy atom. The van der Waals surface area contributed by atoms with Crippen LogP contribution in [0.1, 0.15) is 37.6 Å². The van der Waals surface area contributed by atoms with Crippen LogP contribution in [0.4, 0.5) is 11.4 Å². The molecule has 1 aromatic rings. The van der Waals surface area contributed by atoms with Gasteiger partial charge in [0.25, 0.3) is 11.4 Å². The van der Waals surface area contributed by atoms with E-state index in [1.54, 1.807) is 0 Å². The molecule has 1 fully saturated rings. The summed E-state index contributed by atoms with van der Waals surface area (Å²) in [7, 11) is 0. The fourth-order valence-corrected chi connectivity index (χ4v) is 3.86. The van der Waals surface area contributed by atoms with Gasteiger partial charge in [0.05, 0.1) is 28.1 Å². The van der Waals surface area contributed by atoms with Crippen molar-refractivity contribution in [2.75, 3.05) is 6.61 Å². The number of nitro benzene ring substituents is 2. The van der Waals surface area contributed by atoms with Gasteiger partial charge in [-0.15, -0.1) is 0 Å². The van der Waals surface area contributed by atoms with Gasteiger partial charge in [-0.3, -0.25) is 20.2 Å². The maximum atomic E-state index is 12.3. The monoisotopic (exact) mass is 360 g/mol. The first-order valence-corrected chi connectivity index (χ1v) is 8.40. The molecule has 3 atom stereocenters. The van der Waals surface area contributed by atoms with E-state index in [1.165, 1.54) is 5.57 Å². The number of rotatable bonds is 5. The van der Waals surface area contributed by atoms with Crippen LogP contribution < -0.4 is 0 Å². The highest BCUT2D eigenvalue weighted by Crippen LogP contribution is 2.64. The molecule has 0 radical (unpaired) electrons. The first-order valence-electron chi connectivity index (χ1n) is 8.40. The van der Waals surface area contributed by atoms with E-state index in [2.05, 4.69) is 19.9 Å². The third kappa shape index (κ3) is 3.18. The van der Waals surface area contributed by atoms with Crippen molar-refractivity contribution in [2.45, 2.75) is 27.2 Å². The molecule has 138 valence electrons. The van der Waals surface area contributed by atoms with E-state index in [0.29, 0.717) is 11.8 Å². The molecular formula is C18H20N2O6. The lowest BCUT2D eigenvalue weighted by Gasteiger charge is -2.21. The van der Waals surface area contributed by atoms with Gasteiger partial charge in [0.2, 0.25) is 0 Å². The Labute approximate surface area is 150 Å². The van der Waals surface area contributed by atoms with Gasteiger partial charge in [0, 0.05) is 18.1 Å². The Morgan fingerprint density at radius 2 is 1.77 bits per heavy atom. The van der Waals surface area contributed by atoms with E-state index in [9.17, 15) is 25.0 Å². The second-order valence-electron chi connectivity index (χ2n) is 7.65. The van der Waals surface area contributed by atoms with Crippen molar-refractivity contribution in [3.8, 4) is 0 Å². The molecule has 8 nitrogen and oxygen atoms in total. The number of non-ortho nitro benzene ring substituents is 2. The normalized spacial score (nSPS) is 25.7. The Balaban J connectivity index is 1.71. The number of hydrogen-bond acceptors (Lipinski definition) is 6. The van der Waals surface area contributed by atoms with E-state index in [0.717, 1.165) is 24.6 Å². The maximum absolute atomic E-state index is 12.3. The molecule has 26 heavy (non-hydrogen) atoms. The summed E-state index contributed by atoms with van der Waals surface area (Å²) in [6.07, 6.45) is 3.17. The molecule has 0 spiro atoms. The second-order valence-corrected chi connectivity index (χ2v) is 7.65. The van der Waals surface area contributed by atoms with Crippen LogP contribution in [-0.2, 0) is 4.74 Å². The van der Waals surface area contributed by atoms with Crippen LogP contribution in [0, 0.1) is 43.4 Å². The molecule has 0 bridgehead atoms. The van der Waals surface area contributed by atoms with E-state index < -0.39 is 27.2 Å². The van der Waals surface area contributed by atoms with Gasteiger partial charge in [0.15, 0.2) is 0 Å². The first kappa shape index (κ1) is 18.0. The van der Waals surface area contributed by atoms with Gasteiger partial charge < -0.3 is 4.74 Å². The minimum Gasteiger partial charge on any atom is -0.461 e. The molecule has 8 heteroatoms. The molecule has 0 heterocycles. The predicted octanol–water partition coefficient (Wildman–Crippen LogP) is 3.90. The number of carbonyl (C=O) groups is 1. The van der Waals surface area contributed by atoms with Crippen LogP contribution >= 0.6 is 0 Å². The number of benzene rings is 1. The van der Waals surface area contributed by atoms with Gasteiger partial charge in [-0.2, -0.15) is 0 Å². The molecule has 2 aliphatic carbocycles. The summed E-state index contributed by atoms with van der Waals surface area (Å²) in [5.41, 5.74) is 0.244. The van der Waals surface area contributed by atoms with Crippen molar-refractivity contribution < 1.29 is 19.4 Å². The Morgan fingerprint density at radius 1 is 1.19 bits per heavy atom. The summed E-state index contributed by atoms with van der Waals surface area (Å²) in [6.45, 7) is 6.63. The van der Waals surface area contributed by atoms with Crippen LogP contribution in [0.3, 0.4) is 0 Å². The van der Waals surface area contributed by atoms with Gasteiger partial charge in [0.1, 0.15) is 0 Å². The average Bonchev–Trinajstić information content (AvgIpc) is 3.11. The van der Waals surface area contributed by atoms with E-state index in [1.807, 2.05) is 6.92 Å². The number of ether oxygens (including phenoxy) is 1. The molecule has 0 amide bonds. The van der Waals surface area contributed by atoms with Crippen LogP contribution in [0.15, 0.2) is 29.8 Å². The number of carbonyl (C=O) groups excluding carboxylic acids is 1. The van der Waals surface area contributed by atoms with Gasteiger partial charge in [-0.1, -0.05) is 25.5 Å². The molecule has 1 aromatic carbocycles. The molecular weight excluding hydrogens is 340 g/mol. The van der Waals surface area contributed by atoms with Crippen LogP contribution in [0.2, 0.25) is 0 Å². The largest absolute Gasteiger partial charge is 0.461 e. The highest BCUT2D eigenvalue weighted by Gasteiger charge is 2.58. The minimum atomic E-state index is -0.790. The van der Waals surface area contributed by atoms with Crippen LogP contribution in [-0.4, -0.2) is 22.4 Å². The second kappa shape index (κ2) is 6.19. The molecule has 0 saturated heterocycles. The molecule has 0 aromatic heterocycles. The Bertz CT molecular complexity index is 797. The number of esters is 1. The zero-order chi connectivity index (χ0) is 19.2. The average molecular weight is 360 g/mol. The summed E-state index contributed by atoms with van der Waals surface area (Å²) >= 11 is 0. The van der Waals surface area contributed by atoms with Crippen LogP contribution in [0.25, 0.3) is 0 Å². The Kier molecular flexibility index (Phi) is 4.29. The first-order chi connectivity index (χ1) is 12.1. The van der Waals surface area contributed by atoms with Crippen molar-refractivity contribution in [1.29, 1.82) is 0 Å². The highest BCUT2D eigenvalue weighted by atomic mass is 16.6. The van der Waals surface area contributed by atoms with Crippen molar-refractivity contribution in [2.24, 2.45) is 23.2 Å². The van der Waals surface area contributed by atoms with Crippen LogP contribution in [0.5, 0.6) is 0 Å². The highest BCUT2D eigenvalue weighted by molar-refractivity contribution is 5.91. The van der Waals surface area contributed by atoms with Gasteiger partial charge in [-0.25, -0.2) is 4.79 Å². The number of nitrogens with zero attached hydrogens (tertiary/aromatic N) is 2. The van der Waals surface area contributed by atoms with Crippen molar-refractivity contribution in [1.82, 2.24) is 0 Å². The van der Waals surface area contributed by atoms with Gasteiger partial charge in [-0.05, 0) is 30.6 Å². The topological polar surface area (TPSA) is 113 Å². The quantitative estimate of drug-likeness (QED) is 0.341. The van der Waals surface area contributed by atoms with Crippen molar-refractivity contribution >= 4 is 17.3 Å². The molecule has 0 unspecified atom stereocenters. The van der Waals surface area contributed by atoms with Crippen molar-refractivity contribution in [3.05, 3.63) is 55.6 Å². The SMILES string of the molecule is CC1=C[C@H]2[C@@H](C[C@@H]1COC(=O)c1cc([N+](=O)[O-])cc([N+](=O)[O-])c1)C2(C)C.